The molecule has 0 aliphatic carbocycles. The van der Waals surface area contributed by atoms with E-state index in [9.17, 15) is 4.79 Å². The van der Waals surface area contributed by atoms with Crippen LogP contribution in [-0.4, -0.2) is 31.0 Å². The molecule has 0 aromatic heterocycles. The summed E-state index contributed by atoms with van der Waals surface area (Å²) in [5.74, 6) is 0.877. The Hall–Kier alpha value is -2.04. The Kier molecular flexibility index (Phi) is 6.17. The third-order valence-corrected chi connectivity index (χ3v) is 5.30. The average Bonchev–Trinajstić information content (AvgIpc) is 3.10. The predicted octanol–water partition coefficient (Wildman–Crippen LogP) is 4.36. The molecule has 1 aliphatic heterocycles. The highest BCUT2D eigenvalue weighted by atomic mass is 35.5. The fourth-order valence-electron chi connectivity index (χ4n) is 3.59. The summed E-state index contributed by atoms with van der Waals surface area (Å²) in [6.45, 7) is 3.29. The lowest BCUT2D eigenvalue weighted by Crippen LogP contribution is -2.38. The Morgan fingerprint density at radius 3 is 2.69 bits per heavy atom. The zero-order valence-electron chi connectivity index (χ0n) is 15.2. The van der Waals surface area contributed by atoms with Crippen molar-refractivity contribution in [2.75, 3.05) is 20.2 Å². The second kappa shape index (κ2) is 8.56. The molecule has 26 heavy (non-hydrogen) atoms. The molecule has 2 aromatic carbocycles. The SMILES string of the molecule is COc1ccc([C@H]2CCCN2CC(=O)N[C@H](C)c2ccccc2Cl)cc1. The van der Waals surface area contributed by atoms with Gasteiger partial charge in [0.05, 0.1) is 19.7 Å². The first-order valence-corrected chi connectivity index (χ1v) is 9.38. The number of likely N-dealkylation sites (tertiary alicyclic amines) is 1. The first-order valence-electron chi connectivity index (χ1n) is 9.00. The molecule has 4 nitrogen and oxygen atoms in total. The van der Waals surface area contributed by atoms with Crippen molar-refractivity contribution < 1.29 is 9.53 Å². The van der Waals surface area contributed by atoms with Crippen LogP contribution in [0.5, 0.6) is 5.75 Å². The van der Waals surface area contributed by atoms with Crippen LogP contribution in [-0.2, 0) is 4.79 Å². The van der Waals surface area contributed by atoms with E-state index in [4.69, 9.17) is 16.3 Å². The molecular formula is C21H25ClN2O2. The molecule has 1 fully saturated rings. The second-order valence-corrected chi connectivity index (χ2v) is 7.12. The van der Waals surface area contributed by atoms with E-state index >= 15 is 0 Å². The lowest BCUT2D eigenvalue weighted by atomic mass is 10.0. The van der Waals surface area contributed by atoms with E-state index < -0.39 is 0 Å². The summed E-state index contributed by atoms with van der Waals surface area (Å²) in [6, 6.07) is 15.9. The van der Waals surface area contributed by atoms with Gasteiger partial charge >= 0.3 is 0 Å². The van der Waals surface area contributed by atoms with Gasteiger partial charge < -0.3 is 10.1 Å². The average molecular weight is 373 g/mol. The van der Waals surface area contributed by atoms with Crippen LogP contribution in [0.25, 0.3) is 0 Å². The number of halogens is 1. The van der Waals surface area contributed by atoms with Gasteiger partial charge in [-0.1, -0.05) is 41.9 Å². The highest BCUT2D eigenvalue weighted by Crippen LogP contribution is 2.32. The largest absolute Gasteiger partial charge is 0.497 e. The van der Waals surface area contributed by atoms with Gasteiger partial charge in [0.2, 0.25) is 5.91 Å². The van der Waals surface area contributed by atoms with Crippen LogP contribution in [0.4, 0.5) is 0 Å². The number of hydrogen-bond donors (Lipinski definition) is 1. The number of nitrogens with zero attached hydrogens (tertiary/aromatic N) is 1. The molecule has 1 N–H and O–H groups in total. The smallest absolute Gasteiger partial charge is 0.234 e. The van der Waals surface area contributed by atoms with E-state index in [1.807, 2.05) is 43.3 Å². The number of ether oxygens (including phenoxy) is 1. The van der Waals surface area contributed by atoms with Gasteiger partial charge in [-0.3, -0.25) is 9.69 Å². The Labute approximate surface area is 160 Å². The number of benzene rings is 2. The molecule has 2 atom stereocenters. The molecule has 1 heterocycles. The monoisotopic (exact) mass is 372 g/mol. The maximum atomic E-state index is 12.6. The fourth-order valence-corrected chi connectivity index (χ4v) is 3.89. The third-order valence-electron chi connectivity index (χ3n) is 4.96. The fraction of sp³-hybridized carbons (Fsp3) is 0.381. The van der Waals surface area contributed by atoms with Crippen molar-refractivity contribution in [3.8, 4) is 5.75 Å². The number of amides is 1. The molecule has 0 saturated carbocycles. The molecule has 0 bridgehead atoms. The molecule has 1 amide bonds. The Bertz CT molecular complexity index is 748. The van der Waals surface area contributed by atoms with E-state index in [2.05, 4.69) is 22.3 Å². The maximum Gasteiger partial charge on any atom is 0.234 e. The maximum absolute atomic E-state index is 12.6. The van der Waals surface area contributed by atoms with E-state index in [1.54, 1.807) is 7.11 Å². The van der Waals surface area contributed by atoms with Gasteiger partial charge in [-0.05, 0) is 55.6 Å². The van der Waals surface area contributed by atoms with Gasteiger partial charge in [-0.2, -0.15) is 0 Å². The molecule has 5 heteroatoms. The Morgan fingerprint density at radius 1 is 1.27 bits per heavy atom. The van der Waals surface area contributed by atoms with Crippen molar-refractivity contribution in [2.24, 2.45) is 0 Å². The molecule has 1 aliphatic rings. The van der Waals surface area contributed by atoms with Crippen molar-refractivity contribution in [1.29, 1.82) is 0 Å². The van der Waals surface area contributed by atoms with Gasteiger partial charge in [0.25, 0.3) is 0 Å². The van der Waals surface area contributed by atoms with Crippen LogP contribution >= 0.6 is 11.6 Å². The zero-order valence-corrected chi connectivity index (χ0v) is 16.0. The summed E-state index contributed by atoms with van der Waals surface area (Å²) in [5.41, 5.74) is 2.17. The molecular weight excluding hydrogens is 348 g/mol. The van der Waals surface area contributed by atoms with Gasteiger partial charge in [0.15, 0.2) is 0 Å². The summed E-state index contributed by atoms with van der Waals surface area (Å²) in [5, 5.41) is 3.75. The van der Waals surface area contributed by atoms with E-state index in [1.165, 1.54) is 5.56 Å². The van der Waals surface area contributed by atoms with Crippen LogP contribution in [0, 0.1) is 0 Å². The number of carbonyl (C=O) groups is 1. The van der Waals surface area contributed by atoms with Crippen LogP contribution < -0.4 is 10.1 Å². The number of nitrogens with one attached hydrogen (secondary N) is 1. The number of methoxy groups -OCH3 is 1. The summed E-state index contributed by atoms with van der Waals surface area (Å²) >= 11 is 6.23. The quantitative estimate of drug-likeness (QED) is 0.819. The highest BCUT2D eigenvalue weighted by Gasteiger charge is 2.28. The zero-order chi connectivity index (χ0) is 18.5. The highest BCUT2D eigenvalue weighted by molar-refractivity contribution is 6.31. The molecule has 3 rings (SSSR count). The topological polar surface area (TPSA) is 41.6 Å². The summed E-state index contributed by atoms with van der Waals surface area (Å²) in [6.07, 6.45) is 2.17. The van der Waals surface area contributed by atoms with Crippen molar-refractivity contribution in [1.82, 2.24) is 10.2 Å². The molecule has 0 spiro atoms. The first kappa shape index (κ1) is 18.7. The third kappa shape index (κ3) is 4.37. The summed E-state index contributed by atoms with van der Waals surface area (Å²) < 4.78 is 5.23. The van der Waals surface area contributed by atoms with Crippen molar-refractivity contribution in [2.45, 2.75) is 31.8 Å². The minimum absolute atomic E-state index is 0.0258. The van der Waals surface area contributed by atoms with Crippen molar-refractivity contribution >= 4 is 17.5 Å². The number of hydrogen-bond acceptors (Lipinski definition) is 3. The van der Waals surface area contributed by atoms with Gasteiger partial charge in [0.1, 0.15) is 5.75 Å². The Balaban J connectivity index is 1.61. The van der Waals surface area contributed by atoms with Crippen LogP contribution in [0.3, 0.4) is 0 Å². The lowest BCUT2D eigenvalue weighted by Gasteiger charge is -2.25. The second-order valence-electron chi connectivity index (χ2n) is 6.71. The predicted molar refractivity (Wildman–Crippen MR) is 105 cm³/mol. The minimum atomic E-state index is -0.113. The van der Waals surface area contributed by atoms with Crippen molar-refractivity contribution in [3.05, 3.63) is 64.7 Å². The number of carbonyl (C=O) groups excluding carboxylic acids is 1. The van der Waals surface area contributed by atoms with E-state index in [0.29, 0.717) is 11.6 Å². The van der Waals surface area contributed by atoms with E-state index in [-0.39, 0.29) is 18.0 Å². The van der Waals surface area contributed by atoms with Crippen LogP contribution in [0.2, 0.25) is 5.02 Å². The molecule has 0 unspecified atom stereocenters. The lowest BCUT2D eigenvalue weighted by molar-refractivity contribution is -0.123. The number of rotatable bonds is 6. The standard InChI is InChI=1S/C21H25ClN2O2/c1-15(18-6-3-4-7-19(18)22)23-21(25)14-24-13-5-8-20(24)16-9-11-17(26-2)12-10-16/h3-4,6-7,9-12,15,20H,5,8,13-14H2,1-2H3,(H,23,25)/t15-,20-/m1/s1. The van der Waals surface area contributed by atoms with Gasteiger partial charge in [-0.25, -0.2) is 0 Å². The molecule has 0 radical (unpaired) electrons. The Morgan fingerprint density at radius 2 is 2.00 bits per heavy atom. The molecule has 1 saturated heterocycles. The molecule has 138 valence electrons. The normalized spacial score (nSPS) is 18.5. The summed E-state index contributed by atoms with van der Waals surface area (Å²) in [7, 11) is 1.67. The van der Waals surface area contributed by atoms with Crippen LogP contribution in [0.1, 0.15) is 43.0 Å². The summed E-state index contributed by atoms with van der Waals surface area (Å²) in [4.78, 5) is 14.8. The minimum Gasteiger partial charge on any atom is -0.497 e. The van der Waals surface area contributed by atoms with Gasteiger partial charge in [-0.15, -0.1) is 0 Å². The van der Waals surface area contributed by atoms with Crippen LogP contribution in [0.15, 0.2) is 48.5 Å². The van der Waals surface area contributed by atoms with Crippen molar-refractivity contribution in [3.63, 3.8) is 0 Å². The molecule has 2 aromatic rings. The van der Waals surface area contributed by atoms with Gasteiger partial charge in [0, 0.05) is 11.1 Å². The van der Waals surface area contributed by atoms with E-state index in [0.717, 1.165) is 30.7 Å². The first-order chi connectivity index (χ1) is 12.6.